The molecule has 0 saturated carbocycles. The van der Waals surface area contributed by atoms with Crippen molar-refractivity contribution in [3.63, 3.8) is 0 Å². The second-order valence-electron chi connectivity index (χ2n) is 6.49. The molecule has 5 heteroatoms. The molecular weight excluding hydrogens is 356 g/mol. The molecule has 2 amide bonds. The van der Waals surface area contributed by atoms with Gasteiger partial charge in [0.05, 0.1) is 0 Å². The molecule has 0 unspecified atom stereocenters. The number of nitrogens with one attached hydrogen (secondary N) is 1. The Hall–Kier alpha value is -2.27. The highest BCUT2D eigenvalue weighted by Gasteiger charge is 2.25. The molecular formula is C22H28N2O2S. The van der Waals surface area contributed by atoms with E-state index in [1.165, 1.54) is 0 Å². The molecule has 2 aromatic carbocycles. The van der Waals surface area contributed by atoms with Crippen LogP contribution in [0.5, 0.6) is 0 Å². The highest BCUT2D eigenvalue weighted by molar-refractivity contribution is 7.99. The zero-order valence-electron chi connectivity index (χ0n) is 16.3. The zero-order chi connectivity index (χ0) is 19.6. The molecule has 1 N–H and O–H groups in total. The van der Waals surface area contributed by atoms with Crippen molar-refractivity contribution >= 4 is 23.6 Å². The van der Waals surface area contributed by atoms with Crippen LogP contribution in [0.2, 0.25) is 0 Å². The maximum absolute atomic E-state index is 12.9. The summed E-state index contributed by atoms with van der Waals surface area (Å²) < 4.78 is 0. The van der Waals surface area contributed by atoms with Crippen molar-refractivity contribution in [2.45, 2.75) is 44.7 Å². The molecule has 0 aliphatic heterocycles. The van der Waals surface area contributed by atoms with E-state index in [2.05, 4.69) is 11.4 Å². The quantitative estimate of drug-likeness (QED) is 0.664. The number of amides is 2. The summed E-state index contributed by atoms with van der Waals surface area (Å²) in [4.78, 5) is 28.1. The van der Waals surface area contributed by atoms with Gasteiger partial charge in [0.1, 0.15) is 6.04 Å². The van der Waals surface area contributed by atoms with Gasteiger partial charge in [-0.25, -0.2) is 0 Å². The first-order valence-corrected chi connectivity index (χ1v) is 10.3. The molecule has 2 rings (SSSR count). The average Bonchev–Trinajstić information content (AvgIpc) is 2.66. The summed E-state index contributed by atoms with van der Waals surface area (Å²) in [5, 5.41) is 2.82. The van der Waals surface area contributed by atoms with E-state index in [1.54, 1.807) is 23.6 Å². The molecule has 0 fully saturated rings. The number of hydrogen-bond acceptors (Lipinski definition) is 3. The van der Waals surface area contributed by atoms with Crippen LogP contribution in [0, 0.1) is 6.92 Å². The molecule has 4 nitrogen and oxygen atoms in total. The third-order valence-electron chi connectivity index (χ3n) is 4.28. The lowest BCUT2D eigenvalue weighted by Gasteiger charge is -2.29. The van der Waals surface area contributed by atoms with Gasteiger partial charge in [0.2, 0.25) is 11.8 Å². The second-order valence-corrected chi connectivity index (χ2v) is 7.66. The van der Waals surface area contributed by atoms with Crippen molar-refractivity contribution in [2.75, 3.05) is 12.3 Å². The molecule has 0 aliphatic rings. The van der Waals surface area contributed by atoms with E-state index >= 15 is 0 Å². The van der Waals surface area contributed by atoms with Gasteiger partial charge in [-0.05, 0) is 38.5 Å². The van der Waals surface area contributed by atoms with Crippen molar-refractivity contribution in [1.29, 1.82) is 0 Å². The van der Waals surface area contributed by atoms with Crippen LogP contribution in [0.1, 0.15) is 31.4 Å². The molecule has 1 atom stereocenters. The summed E-state index contributed by atoms with van der Waals surface area (Å²) >= 11 is 1.66. The van der Waals surface area contributed by atoms with Gasteiger partial charge in [-0.1, -0.05) is 48.0 Å². The summed E-state index contributed by atoms with van der Waals surface area (Å²) in [6.07, 6.45) is 0.398. The van der Waals surface area contributed by atoms with Crippen LogP contribution >= 0.6 is 11.8 Å². The normalized spacial score (nSPS) is 11.7. The second kappa shape index (κ2) is 10.8. The van der Waals surface area contributed by atoms with Crippen LogP contribution in [0.3, 0.4) is 0 Å². The molecule has 0 saturated heterocycles. The van der Waals surface area contributed by atoms with Gasteiger partial charge < -0.3 is 10.2 Å². The molecule has 0 radical (unpaired) electrons. The molecule has 2 aromatic rings. The van der Waals surface area contributed by atoms with Crippen molar-refractivity contribution in [3.05, 3.63) is 65.7 Å². The summed E-state index contributed by atoms with van der Waals surface area (Å²) in [5.74, 6) is 0.572. The first kappa shape index (κ1) is 21.0. The van der Waals surface area contributed by atoms with Gasteiger partial charge in [-0.3, -0.25) is 9.59 Å². The molecule has 0 bridgehead atoms. The molecule has 0 heterocycles. The van der Waals surface area contributed by atoms with Gasteiger partial charge in [-0.15, -0.1) is 11.8 Å². The van der Waals surface area contributed by atoms with E-state index in [0.29, 0.717) is 25.3 Å². The first-order valence-electron chi connectivity index (χ1n) is 9.31. The van der Waals surface area contributed by atoms with E-state index in [0.717, 1.165) is 16.0 Å². The first-order chi connectivity index (χ1) is 13.0. The smallest absolute Gasteiger partial charge is 0.242 e. The Labute approximate surface area is 166 Å². The van der Waals surface area contributed by atoms with E-state index < -0.39 is 6.04 Å². The minimum Gasteiger partial charge on any atom is -0.355 e. The minimum atomic E-state index is -0.500. The van der Waals surface area contributed by atoms with Crippen molar-refractivity contribution in [2.24, 2.45) is 0 Å². The molecule has 0 spiro atoms. The number of carbonyl (C=O) groups is 2. The standard InChI is InChI=1S/C22H28N2O2S/c1-4-23-22(26)18(3)24(16-19-10-8-9-17(2)15-19)21(25)13-14-27-20-11-6-5-7-12-20/h5-12,15,18H,4,13-14,16H2,1-3H3,(H,23,26)/t18-/m1/s1. The van der Waals surface area contributed by atoms with Gasteiger partial charge in [-0.2, -0.15) is 0 Å². The Kier molecular flexibility index (Phi) is 8.40. The lowest BCUT2D eigenvalue weighted by atomic mass is 10.1. The van der Waals surface area contributed by atoms with Gasteiger partial charge in [0.25, 0.3) is 0 Å². The Morgan fingerprint density at radius 3 is 2.52 bits per heavy atom. The maximum Gasteiger partial charge on any atom is 0.242 e. The number of rotatable bonds is 9. The van der Waals surface area contributed by atoms with Crippen LogP contribution in [0.4, 0.5) is 0 Å². The number of thioether (sulfide) groups is 1. The van der Waals surface area contributed by atoms with Crippen molar-refractivity contribution < 1.29 is 9.59 Å². The summed E-state index contributed by atoms with van der Waals surface area (Å²) in [7, 11) is 0. The highest BCUT2D eigenvalue weighted by atomic mass is 32.2. The van der Waals surface area contributed by atoms with E-state index in [1.807, 2.05) is 62.4 Å². The fraction of sp³-hybridized carbons (Fsp3) is 0.364. The number of nitrogens with zero attached hydrogens (tertiary/aromatic N) is 1. The van der Waals surface area contributed by atoms with E-state index in [9.17, 15) is 9.59 Å². The van der Waals surface area contributed by atoms with E-state index in [4.69, 9.17) is 0 Å². The van der Waals surface area contributed by atoms with Crippen LogP contribution in [-0.2, 0) is 16.1 Å². The van der Waals surface area contributed by atoms with Gasteiger partial charge in [0.15, 0.2) is 0 Å². The van der Waals surface area contributed by atoms with Crippen LogP contribution in [0.15, 0.2) is 59.5 Å². The Balaban J connectivity index is 2.05. The number of likely N-dealkylation sites (N-methyl/N-ethyl adjacent to an activating group) is 1. The Morgan fingerprint density at radius 1 is 1.11 bits per heavy atom. The van der Waals surface area contributed by atoms with Crippen LogP contribution in [0.25, 0.3) is 0 Å². The predicted molar refractivity (Wildman–Crippen MR) is 112 cm³/mol. The Bertz CT molecular complexity index is 749. The number of hydrogen-bond donors (Lipinski definition) is 1. The summed E-state index contributed by atoms with van der Waals surface area (Å²) in [5.41, 5.74) is 2.18. The lowest BCUT2D eigenvalue weighted by molar-refractivity contribution is -0.140. The zero-order valence-corrected chi connectivity index (χ0v) is 17.1. The predicted octanol–water partition coefficient (Wildman–Crippen LogP) is 4.03. The van der Waals surface area contributed by atoms with Crippen molar-refractivity contribution in [3.8, 4) is 0 Å². The summed E-state index contributed by atoms with van der Waals surface area (Å²) in [6, 6.07) is 17.6. The number of carbonyl (C=O) groups excluding carboxylic acids is 2. The summed E-state index contributed by atoms with van der Waals surface area (Å²) in [6.45, 7) is 6.70. The average molecular weight is 385 g/mol. The highest BCUT2D eigenvalue weighted by Crippen LogP contribution is 2.19. The van der Waals surface area contributed by atoms with E-state index in [-0.39, 0.29) is 11.8 Å². The molecule has 144 valence electrons. The van der Waals surface area contributed by atoms with Gasteiger partial charge >= 0.3 is 0 Å². The fourth-order valence-corrected chi connectivity index (χ4v) is 3.69. The minimum absolute atomic E-state index is 0.00121. The monoisotopic (exact) mass is 384 g/mol. The molecule has 27 heavy (non-hydrogen) atoms. The number of aryl methyl sites for hydroxylation is 1. The SMILES string of the molecule is CCNC(=O)[C@@H](C)N(Cc1cccc(C)c1)C(=O)CCSc1ccccc1. The largest absolute Gasteiger partial charge is 0.355 e. The van der Waals surface area contributed by atoms with Crippen LogP contribution in [-0.4, -0.2) is 35.1 Å². The van der Waals surface area contributed by atoms with Gasteiger partial charge in [0, 0.05) is 30.2 Å². The maximum atomic E-state index is 12.9. The third-order valence-corrected chi connectivity index (χ3v) is 5.30. The topological polar surface area (TPSA) is 49.4 Å². The third kappa shape index (κ3) is 6.75. The fourth-order valence-electron chi connectivity index (χ4n) is 2.83. The molecule has 0 aromatic heterocycles. The number of benzene rings is 2. The Morgan fingerprint density at radius 2 is 1.85 bits per heavy atom. The van der Waals surface area contributed by atoms with Crippen LogP contribution < -0.4 is 5.32 Å². The molecule has 0 aliphatic carbocycles. The van der Waals surface area contributed by atoms with Crippen molar-refractivity contribution in [1.82, 2.24) is 10.2 Å². The lowest BCUT2D eigenvalue weighted by Crippen LogP contribution is -2.47.